The Balaban J connectivity index is 3.78. The number of unbranched alkanes of at least 4 members (excludes halogenated alkanes) is 2. The van der Waals surface area contributed by atoms with Crippen molar-refractivity contribution in [3.05, 3.63) is 0 Å². The van der Waals surface area contributed by atoms with E-state index in [-0.39, 0.29) is 5.97 Å². The highest BCUT2D eigenvalue weighted by Gasteiger charge is 2.09. The molecule has 0 spiro atoms. The van der Waals surface area contributed by atoms with Crippen molar-refractivity contribution < 1.29 is 9.53 Å². The zero-order valence-corrected chi connectivity index (χ0v) is 10.4. The third kappa shape index (κ3) is 8.25. The van der Waals surface area contributed by atoms with Crippen LogP contribution >= 0.6 is 0 Å². The van der Waals surface area contributed by atoms with Gasteiger partial charge in [-0.15, -0.1) is 0 Å². The summed E-state index contributed by atoms with van der Waals surface area (Å²) in [4.78, 5) is 13.4. The number of rotatable bonds is 9. The molecule has 0 rings (SSSR count). The van der Waals surface area contributed by atoms with Gasteiger partial charge >= 0.3 is 5.97 Å². The number of hydrogen-bond acceptors (Lipinski definition) is 4. The van der Waals surface area contributed by atoms with E-state index in [1.54, 1.807) is 0 Å². The van der Waals surface area contributed by atoms with E-state index in [0.717, 1.165) is 32.4 Å². The van der Waals surface area contributed by atoms with Gasteiger partial charge < -0.3 is 4.74 Å². The lowest BCUT2D eigenvalue weighted by Crippen LogP contribution is -2.32. The normalized spacial score (nSPS) is 10.1. The molecule has 0 atom stereocenters. The van der Waals surface area contributed by atoms with E-state index < -0.39 is 0 Å². The summed E-state index contributed by atoms with van der Waals surface area (Å²) >= 11 is 0. The first kappa shape index (κ1) is 14.9. The van der Waals surface area contributed by atoms with Gasteiger partial charge in [-0.2, -0.15) is 5.26 Å². The number of esters is 1. The van der Waals surface area contributed by atoms with E-state index in [4.69, 9.17) is 10.00 Å². The fourth-order valence-electron chi connectivity index (χ4n) is 1.51. The van der Waals surface area contributed by atoms with Crippen LogP contribution < -0.4 is 0 Å². The van der Waals surface area contributed by atoms with Crippen molar-refractivity contribution in [1.82, 2.24) is 4.90 Å². The standard InChI is InChI=1S/C12H22N2O2/c1-3-9-14(10-7-5-6-8-13)11-12(15)16-4-2/h3-7,9-11H2,1-2H3. The fraction of sp³-hybridized carbons (Fsp3) is 0.833. The van der Waals surface area contributed by atoms with Crippen molar-refractivity contribution in [2.24, 2.45) is 0 Å². The van der Waals surface area contributed by atoms with Crippen LogP contribution in [0.5, 0.6) is 0 Å². The van der Waals surface area contributed by atoms with Gasteiger partial charge in [0.25, 0.3) is 0 Å². The van der Waals surface area contributed by atoms with Gasteiger partial charge in [-0.3, -0.25) is 9.69 Å². The molecule has 0 aromatic rings. The first-order valence-electron chi connectivity index (χ1n) is 5.99. The highest BCUT2D eigenvalue weighted by Crippen LogP contribution is 2.00. The quantitative estimate of drug-likeness (QED) is 0.445. The maximum atomic E-state index is 11.3. The van der Waals surface area contributed by atoms with E-state index in [9.17, 15) is 4.79 Å². The lowest BCUT2D eigenvalue weighted by atomic mass is 10.2. The smallest absolute Gasteiger partial charge is 0.320 e. The summed E-state index contributed by atoms with van der Waals surface area (Å²) in [6.07, 6.45) is 3.49. The third-order valence-corrected chi connectivity index (χ3v) is 2.21. The van der Waals surface area contributed by atoms with Crippen LogP contribution in [-0.4, -0.2) is 37.1 Å². The molecule has 0 bridgehead atoms. The van der Waals surface area contributed by atoms with Crippen molar-refractivity contribution in [2.75, 3.05) is 26.2 Å². The first-order valence-corrected chi connectivity index (χ1v) is 5.99. The topological polar surface area (TPSA) is 53.3 Å². The van der Waals surface area contributed by atoms with Crippen molar-refractivity contribution in [1.29, 1.82) is 5.26 Å². The Hall–Kier alpha value is -1.08. The molecule has 4 heteroatoms. The van der Waals surface area contributed by atoms with Crippen molar-refractivity contribution in [3.63, 3.8) is 0 Å². The number of nitriles is 1. The summed E-state index contributed by atoms with van der Waals surface area (Å²) in [6.45, 7) is 6.49. The largest absolute Gasteiger partial charge is 0.465 e. The van der Waals surface area contributed by atoms with E-state index in [1.807, 2.05) is 6.92 Å². The second-order valence-electron chi connectivity index (χ2n) is 3.70. The Kier molecular flexibility index (Phi) is 9.73. The summed E-state index contributed by atoms with van der Waals surface area (Å²) in [5.41, 5.74) is 0. The molecular weight excluding hydrogens is 204 g/mol. The van der Waals surface area contributed by atoms with E-state index in [0.29, 0.717) is 19.6 Å². The van der Waals surface area contributed by atoms with Gasteiger partial charge in [0.1, 0.15) is 0 Å². The monoisotopic (exact) mass is 226 g/mol. The lowest BCUT2D eigenvalue weighted by molar-refractivity contribution is -0.144. The molecule has 0 aromatic heterocycles. The highest BCUT2D eigenvalue weighted by atomic mass is 16.5. The molecule has 16 heavy (non-hydrogen) atoms. The van der Waals surface area contributed by atoms with E-state index >= 15 is 0 Å². The number of ether oxygens (including phenoxy) is 1. The van der Waals surface area contributed by atoms with Gasteiger partial charge in [-0.25, -0.2) is 0 Å². The van der Waals surface area contributed by atoms with Crippen LogP contribution in [0, 0.1) is 11.3 Å². The molecule has 0 aliphatic carbocycles. The zero-order valence-electron chi connectivity index (χ0n) is 10.4. The Bertz CT molecular complexity index is 224. The molecule has 0 saturated carbocycles. The number of nitrogens with zero attached hydrogens (tertiary/aromatic N) is 2. The van der Waals surface area contributed by atoms with Crippen LogP contribution in [0.25, 0.3) is 0 Å². The maximum Gasteiger partial charge on any atom is 0.320 e. The predicted octanol–water partition coefficient (Wildman–Crippen LogP) is 1.96. The van der Waals surface area contributed by atoms with Gasteiger partial charge in [0.15, 0.2) is 0 Å². The third-order valence-electron chi connectivity index (χ3n) is 2.21. The molecule has 0 N–H and O–H groups in total. The molecule has 0 aliphatic heterocycles. The molecule has 0 aliphatic rings. The Labute approximate surface area is 98.2 Å². The van der Waals surface area contributed by atoms with Crippen LogP contribution in [0.1, 0.15) is 39.5 Å². The molecule has 0 unspecified atom stereocenters. The van der Waals surface area contributed by atoms with Crippen LogP contribution in [0.2, 0.25) is 0 Å². The second-order valence-corrected chi connectivity index (χ2v) is 3.70. The van der Waals surface area contributed by atoms with Gasteiger partial charge in [0, 0.05) is 6.42 Å². The molecule has 92 valence electrons. The molecule has 0 aromatic carbocycles. The highest BCUT2D eigenvalue weighted by molar-refractivity contribution is 5.71. The zero-order chi connectivity index (χ0) is 12.2. The van der Waals surface area contributed by atoms with Gasteiger partial charge in [-0.1, -0.05) is 6.92 Å². The summed E-state index contributed by atoms with van der Waals surface area (Å²) in [6, 6.07) is 2.12. The Morgan fingerprint density at radius 2 is 2.06 bits per heavy atom. The van der Waals surface area contributed by atoms with Crippen LogP contribution in [-0.2, 0) is 9.53 Å². The Morgan fingerprint density at radius 3 is 2.62 bits per heavy atom. The summed E-state index contributed by atoms with van der Waals surface area (Å²) in [5, 5.41) is 8.41. The summed E-state index contributed by atoms with van der Waals surface area (Å²) in [5.74, 6) is -0.156. The predicted molar refractivity (Wildman–Crippen MR) is 62.8 cm³/mol. The minimum Gasteiger partial charge on any atom is -0.465 e. The first-order chi connectivity index (χ1) is 7.74. The van der Waals surface area contributed by atoms with Gasteiger partial charge in [-0.05, 0) is 39.3 Å². The lowest BCUT2D eigenvalue weighted by Gasteiger charge is -2.20. The van der Waals surface area contributed by atoms with Crippen LogP contribution in [0.15, 0.2) is 0 Å². The molecule has 0 radical (unpaired) electrons. The van der Waals surface area contributed by atoms with Crippen molar-refractivity contribution in [3.8, 4) is 6.07 Å². The number of carbonyl (C=O) groups is 1. The maximum absolute atomic E-state index is 11.3. The Morgan fingerprint density at radius 1 is 1.31 bits per heavy atom. The molecular formula is C12H22N2O2. The van der Waals surface area contributed by atoms with Crippen molar-refractivity contribution >= 4 is 5.97 Å². The summed E-state index contributed by atoms with van der Waals surface area (Å²) < 4.78 is 4.91. The van der Waals surface area contributed by atoms with Gasteiger partial charge in [0.2, 0.25) is 0 Å². The van der Waals surface area contributed by atoms with E-state index in [1.165, 1.54) is 0 Å². The molecule has 0 fully saturated rings. The fourth-order valence-corrected chi connectivity index (χ4v) is 1.51. The average molecular weight is 226 g/mol. The van der Waals surface area contributed by atoms with Gasteiger partial charge in [0.05, 0.1) is 19.2 Å². The summed E-state index contributed by atoms with van der Waals surface area (Å²) in [7, 11) is 0. The molecule has 0 heterocycles. The minimum absolute atomic E-state index is 0.156. The van der Waals surface area contributed by atoms with Crippen LogP contribution in [0.4, 0.5) is 0 Å². The molecule has 0 saturated heterocycles. The number of carbonyl (C=O) groups excluding carboxylic acids is 1. The molecule has 4 nitrogen and oxygen atoms in total. The SMILES string of the molecule is CCCN(CCCCC#N)CC(=O)OCC. The van der Waals surface area contributed by atoms with Crippen LogP contribution in [0.3, 0.4) is 0 Å². The van der Waals surface area contributed by atoms with E-state index in [2.05, 4.69) is 17.9 Å². The minimum atomic E-state index is -0.156. The number of hydrogen-bond donors (Lipinski definition) is 0. The van der Waals surface area contributed by atoms with Crippen molar-refractivity contribution in [2.45, 2.75) is 39.5 Å². The second kappa shape index (κ2) is 10.4. The molecule has 0 amide bonds. The average Bonchev–Trinajstić information content (AvgIpc) is 2.25.